The van der Waals surface area contributed by atoms with Crippen LogP contribution < -0.4 is 10.2 Å². The van der Waals surface area contributed by atoms with Crippen molar-refractivity contribution in [2.24, 2.45) is 0 Å². The van der Waals surface area contributed by atoms with Crippen LogP contribution in [0.1, 0.15) is 29.3 Å². The van der Waals surface area contributed by atoms with E-state index in [1.54, 1.807) is 0 Å². The maximum Gasteiger partial charge on any atom is 0.196 e. The van der Waals surface area contributed by atoms with Crippen LogP contribution >= 0.6 is 0 Å². The fraction of sp³-hybridized carbons (Fsp3) is 0.364. The molecule has 7 nitrogen and oxygen atoms in total. The molecule has 152 valence electrons. The number of likely N-dealkylation sites (N-methyl/N-ethyl adjacent to an activating group) is 1. The summed E-state index contributed by atoms with van der Waals surface area (Å²) in [5.74, 6) is 0.576. The van der Waals surface area contributed by atoms with E-state index in [2.05, 4.69) is 10.5 Å². The highest BCUT2D eigenvalue weighted by Crippen LogP contribution is 2.45. The summed E-state index contributed by atoms with van der Waals surface area (Å²) in [6.07, 6.45) is 0.828. The van der Waals surface area contributed by atoms with Gasteiger partial charge in [0, 0.05) is 50.2 Å². The number of nitrogens with one attached hydrogen (secondary N) is 1. The third kappa shape index (κ3) is 3.36. The molecule has 1 heterocycles. The van der Waals surface area contributed by atoms with Gasteiger partial charge in [0.2, 0.25) is 0 Å². The molecule has 1 aromatic heterocycles. The van der Waals surface area contributed by atoms with Gasteiger partial charge >= 0.3 is 0 Å². The Morgan fingerprint density at radius 1 is 1.28 bits per heavy atom. The summed E-state index contributed by atoms with van der Waals surface area (Å²) >= 11 is 0. The normalized spacial score (nSPS) is 12.3. The van der Waals surface area contributed by atoms with Gasteiger partial charge in [0.25, 0.3) is 0 Å². The van der Waals surface area contributed by atoms with Crippen LogP contribution in [0.15, 0.2) is 34.9 Å². The molecule has 7 heteroatoms. The Morgan fingerprint density at radius 3 is 2.83 bits per heavy atom. The predicted molar refractivity (Wildman–Crippen MR) is 113 cm³/mol. The number of carbonyl (C=O) groups is 1. The molecule has 4 rings (SSSR count). The van der Waals surface area contributed by atoms with Gasteiger partial charge in [-0.05, 0) is 19.4 Å². The van der Waals surface area contributed by atoms with E-state index in [9.17, 15) is 9.90 Å². The number of nitrogens with zero attached hydrogens (tertiary/aromatic N) is 2. The van der Waals surface area contributed by atoms with E-state index < -0.39 is 0 Å². The van der Waals surface area contributed by atoms with E-state index in [4.69, 9.17) is 9.26 Å². The van der Waals surface area contributed by atoms with Gasteiger partial charge in [-0.1, -0.05) is 29.4 Å². The number of rotatable bonds is 9. The molecule has 29 heavy (non-hydrogen) atoms. The van der Waals surface area contributed by atoms with Gasteiger partial charge in [-0.3, -0.25) is 4.79 Å². The largest absolute Gasteiger partial charge is 0.395 e. The molecule has 2 aromatic carbocycles. The first-order chi connectivity index (χ1) is 14.2. The molecule has 2 N–H and O–H groups in total. The van der Waals surface area contributed by atoms with Crippen molar-refractivity contribution in [2.75, 3.05) is 50.2 Å². The van der Waals surface area contributed by atoms with Gasteiger partial charge in [-0.2, -0.15) is 0 Å². The molecule has 0 fully saturated rings. The van der Waals surface area contributed by atoms with Gasteiger partial charge in [0.05, 0.1) is 23.2 Å². The quantitative estimate of drug-likeness (QED) is 0.420. The highest BCUT2D eigenvalue weighted by atomic mass is 16.5. The summed E-state index contributed by atoms with van der Waals surface area (Å²) in [6, 6.07) is 9.37. The van der Waals surface area contributed by atoms with Crippen molar-refractivity contribution in [3.63, 3.8) is 0 Å². The molecule has 1 aliphatic rings. The van der Waals surface area contributed by atoms with Gasteiger partial charge < -0.3 is 24.6 Å². The lowest BCUT2D eigenvalue weighted by Gasteiger charge is -2.23. The molecule has 0 saturated heterocycles. The van der Waals surface area contributed by atoms with E-state index in [-0.39, 0.29) is 12.4 Å². The van der Waals surface area contributed by atoms with Crippen molar-refractivity contribution < 1.29 is 19.2 Å². The molecule has 0 radical (unpaired) electrons. The molecule has 3 aromatic rings. The summed E-state index contributed by atoms with van der Waals surface area (Å²) in [6.45, 7) is 4.46. The van der Waals surface area contributed by atoms with Gasteiger partial charge in [-0.15, -0.1) is 0 Å². The van der Waals surface area contributed by atoms with Crippen molar-refractivity contribution in [1.82, 2.24) is 5.16 Å². The van der Waals surface area contributed by atoms with Crippen LogP contribution in [0.4, 0.5) is 11.4 Å². The topological polar surface area (TPSA) is 87.8 Å². The zero-order chi connectivity index (χ0) is 20.4. The van der Waals surface area contributed by atoms with Crippen LogP contribution in [0, 0.1) is 0 Å². The molecular weight excluding hydrogens is 370 g/mol. The van der Waals surface area contributed by atoms with Crippen LogP contribution in [-0.4, -0.2) is 56.0 Å². The van der Waals surface area contributed by atoms with Crippen LogP contribution in [0.2, 0.25) is 0 Å². The second-order valence-electron chi connectivity index (χ2n) is 7.05. The lowest BCUT2D eigenvalue weighted by atomic mass is 9.86. The average molecular weight is 395 g/mol. The number of aliphatic hydroxyl groups is 1. The second kappa shape index (κ2) is 8.23. The van der Waals surface area contributed by atoms with Crippen molar-refractivity contribution in [2.45, 2.75) is 13.3 Å². The third-order valence-corrected chi connectivity index (χ3v) is 5.21. The third-order valence-electron chi connectivity index (χ3n) is 5.21. The number of hydrogen-bond donors (Lipinski definition) is 2. The maximum atomic E-state index is 13.4. The Bertz CT molecular complexity index is 1040. The number of anilines is 2. The number of ketones is 1. The Morgan fingerprint density at radius 2 is 2.07 bits per heavy atom. The highest BCUT2D eigenvalue weighted by molar-refractivity contribution is 6.28. The first kappa shape index (κ1) is 19.4. The second-order valence-corrected chi connectivity index (χ2v) is 7.05. The minimum absolute atomic E-state index is 0.0172. The zero-order valence-corrected chi connectivity index (χ0v) is 16.7. The number of benzene rings is 2. The standard InChI is InChI=1S/C22H25N3O4/c1-3-28-12-6-9-23-16-13-17(25(2)10-11-26)20-19-18(16)21(27)14-7-4-5-8-15(14)22(19)29-24-20/h4-5,7-8,13,23,26H,3,6,9-12H2,1-2H3. The molecule has 0 aliphatic heterocycles. The highest BCUT2D eigenvalue weighted by Gasteiger charge is 2.33. The first-order valence-electron chi connectivity index (χ1n) is 9.91. The van der Waals surface area contributed by atoms with Crippen molar-refractivity contribution in [1.29, 1.82) is 0 Å². The van der Waals surface area contributed by atoms with E-state index in [1.165, 1.54) is 0 Å². The fourth-order valence-corrected chi connectivity index (χ4v) is 3.78. The van der Waals surface area contributed by atoms with E-state index in [1.807, 2.05) is 49.2 Å². The van der Waals surface area contributed by atoms with Gasteiger partial charge in [-0.25, -0.2) is 0 Å². The molecule has 1 aliphatic carbocycles. The van der Waals surface area contributed by atoms with Crippen LogP contribution in [0.25, 0.3) is 22.2 Å². The number of ether oxygens (including phenoxy) is 1. The smallest absolute Gasteiger partial charge is 0.196 e. The minimum atomic E-state index is -0.0371. The molecule has 0 unspecified atom stereocenters. The summed E-state index contributed by atoms with van der Waals surface area (Å²) in [4.78, 5) is 15.3. The van der Waals surface area contributed by atoms with E-state index in [0.717, 1.165) is 28.7 Å². The van der Waals surface area contributed by atoms with E-state index >= 15 is 0 Å². The minimum Gasteiger partial charge on any atom is -0.395 e. The fourth-order valence-electron chi connectivity index (χ4n) is 3.78. The van der Waals surface area contributed by atoms with Crippen LogP contribution in [-0.2, 0) is 4.74 Å². The molecule has 0 spiro atoms. The first-order valence-corrected chi connectivity index (χ1v) is 9.91. The number of aromatic nitrogens is 1. The summed E-state index contributed by atoms with van der Waals surface area (Å²) < 4.78 is 11.1. The Kier molecular flexibility index (Phi) is 5.51. The number of hydrogen-bond acceptors (Lipinski definition) is 7. The van der Waals surface area contributed by atoms with Crippen LogP contribution in [0.3, 0.4) is 0 Å². The lowest BCUT2D eigenvalue weighted by Crippen LogP contribution is -2.22. The predicted octanol–water partition coefficient (Wildman–Crippen LogP) is 3.31. The molecule has 0 saturated carbocycles. The Labute approximate surface area is 169 Å². The Hall–Kier alpha value is -2.90. The molecule has 0 bridgehead atoms. The van der Waals surface area contributed by atoms with Crippen LogP contribution in [0.5, 0.6) is 0 Å². The molecule has 0 atom stereocenters. The average Bonchev–Trinajstić information content (AvgIpc) is 3.17. The number of carbonyl (C=O) groups excluding carboxylic acids is 1. The van der Waals surface area contributed by atoms with Crippen molar-refractivity contribution >= 4 is 28.1 Å². The summed E-state index contributed by atoms with van der Waals surface area (Å²) in [5, 5.41) is 17.8. The monoisotopic (exact) mass is 395 g/mol. The maximum absolute atomic E-state index is 13.4. The summed E-state index contributed by atoms with van der Waals surface area (Å²) in [7, 11) is 1.89. The Balaban J connectivity index is 1.84. The van der Waals surface area contributed by atoms with E-state index in [0.29, 0.717) is 48.7 Å². The van der Waals surface area contributed by atoms with Gasteiger partial charge in [0.1, 0.15) is 5.52 Å². The number of fused-ring (bicyclic) bond motifs is 2. The zero-order valence-electron chi connectivity index (χ0n) is 16.7. The van der Waals surface area contributed by atoms with Crippen molar-refractivity contribution in [3.8, 4) is 11.3 Å². The number of aliphatic hydroxyl groups excluding tert-OH is 1. The SMILES string of the molecule is CCOCCCNc1cc(N(C)CCO)c2noc3c2c1C(=O)c1ccccc1-3. The molecular formula is C22H25N3O4. The summed E-state index contributed by atoms with van der Waals surface area (Å²) in [5.41, 5.74) is 4.16. The van der Waals surface area contributed by atoms with Crippen molar-refractivity contribution in [3.05, 3.63) is 41.5 Å². The van der Waals surface area contributed by atoms with Gasteiger partial charge in [0.15, 0.2) is 11.5 Å². The molecule has 0 amide bonds. The lowest BCUT2D eigenvalue weighted by molar-refractivity contribution is 0.104.